The van der Waals surface area contributed by atoms with E-state index in [4.69, 9.17) is 5.11 Å². The summed E-state index contributed by atoms with van der Waals surface area (Å²) in [4.78, 5) is 5.20. The van der Waals surface area contributed by atoms with Gasteiger partial charge in [-0.05, 0) is 64.2 Å². The van der Waals surface area contributed by atoms with Gasteiger partial charge in [0.15, 0.2) is 0 Å². The predicted octanol–water partition coefficient (Wildman–Crippen LogP) is 1.18. The van der Waals surface area contributed by atoms with E-state index in [0.29, 0.717) is 6.61 Å². The molecule has 94 valence electrons. The summed E-state index contributed by atoms with van der Waals surface area (Å²) in [5.41, 5.74) is 0. The van der Waals surface area contributed by atoms with Gasteiger partial charge in [0.1, 0.15) is 0 Å². The molecule has 0 atom stereocenters. The van der Waals surface area contributed by atoms with Gasteiger partial charge in [0, 0.05) is 19.7 Å². The molecule has 2 aliphatic rings. The number of aliphatic hydroxyl groups is 1. The van der Waals surface area contributed by atoms with Gasteiger partial charge in [-0.15, -0.1) is 0 Å². The third-order valence-electron chi connectivity index (χ3n) is 4.18. The second-order valence-corrected chi connectivity index (χ2v) is 5.35. The van der Waals surface area contributed by atoms with Gasteiger partial charge in [-0.3, -0.25) is 0 Å². The van der Waals surface area contributed by atoms with E-state index in [2.05, 4.69) is 9.80 Å². The highest BCUT2D eigenvalue weighted by atomic mass is 16.3. The number of piperidine rings is 1. The Morgan fingerprint density at radius 3 is 2.00 bits per heavy atom. The molecule has 2 rings (SSSR count). The maximum Gasteiger partial charge on any atom is 0.0433 e. The van der Waals surface area contributed by atoms with Crippen LogP contribution >= 0.6 is 0 Å². The van der Waals surface area contributed by atoms with E-state index in [1.54, 1.807) is 0 Å². The van der Waals surface area contributed by atoms with Crippen molar-refractivity contribution in [1.82, 2.24) is 9.80 Å². The van der Waals surface area contributed by atoms with E-state index >= 15 is 0 Å². The second kappa shape index (κ2) is 6.58. The Morgan fingerprint density at radius 1 is 0.875 bits per heavy atom. The van der Waals surface area contributed by atoms with Crippen molar-refractivity contribution in [1.29, 1.82) is 0 Å². The van der Waals surface area contributed by atoms with Gasteiger partial charge in [-0.25, -0.2) is 0 Å². The van der Waals surface area contributed by atoms with E-state index in [1.165, 1.54) is 65.0 Å². The molecule has 0 unspecified atom stereocenters. The Balaban J connectivity index is 1.57. The molecule has 2 saturated heterocycles. The maximum atomic E-state index is 8.91. The number of hydrogen-bond donors (Lipinski definition) is 1. The van der Waals surface area contributed by atoms with Crippen molar-refractivity contribution in [3.63, 3.8) is 0 Å². The molecule has 0 aromatic heterocycles. The maximum absolute atomic E-state index is 8.91. The molecular formula is C13H26N2O. The lowest BCUT2D eigenvalue weighted by Gasteiger charge is -2.32. The minimum atomic E-state index is 0.373. The molecule has 2 aliphatic heterocycles. The summed E-state index contributed by atoms with van der Waals surface area (Å²) >= 11 is 0. The zero-order chi connectivity index (χ0) is 11.2. The fraction of sp³-hybridized carbons (Fsp3) is 1.00. The molecule has 3 nitrogen and oxygen atoms in total. The zero-order valence-electron chi connectivity index (χ0n) is 10.4. The van der Waals surface area contributed by atoms with E-state index in [1.807, 2.05) is 0 Å². The highest BCUT2D eigenvalue weighted by Crippen LogP contribution is 2.19. The van der Waals surface area contributed by atoms with Gasteiger partial charge in [-0.2, -0.15) is 0 Å². The van der Waals surface area contributed by atoms with E-state index in [9.17, 15) is 0 Å². The largest absolute Gasteiger partial charge is 0.396 e. The molecule has 0 aromatic carbocycles. The first-order chi connectivity index (χ1) is 7.88. The van der Waals surface area contributed by atoms with Crippen molar-refractivity contribution in [3.8, 4) is 0 Å². The molecule has 0 aromatic rings. The van der Waals surface area contributed by atoms with Crippen LogP contribution in [0.5, 0.6) is 0 Å². The molecule has 1 N–H and O–H groups in total. The molecule has 0 saturated carbocycles. The van der Waals surface area contributed by atoms with Crippen molar-refractivity contribution >= 4 is 0 Å². The van der Waals surface area contributed by atoms with Gasteiger partial charge in [0.2, 0.25) is 0 Å². The average Bonchev–Trinajstić information content (AvgIpc) is 2.82. The Kier molecular flexibility index (Phi) is 5.07. The molecule has 0 spiro atoms. The number of aliphatic hydroxyl groups excluding tert-OH is 1. The summed E-state index contributed by atoms with van der Waals surface area (Å²) in [5, 5.41) is 8.91. The number of nitrogens with zero attached hydrogens (tertiary/aromatic N) is 2. The summed E-state index contributed by atoms with van der Waals surface area (Å²) in [6, 6.07) is 0. The third kappa shape index (κ3) is 3.72. The minimum Gasteiger partial charge on any atom is -0.396 e. The van der Waals surface area contributed by atoms with Crippen LogP contribution in [-0.2, 0) is 0 Å². The molecule has 0 amide bonds. The topological polar surface area (TPSA) is 26.7 Å². The molecule has 2 fully saturated rings. The molecule has 2 heterocycles. The van der Waals surface area contributed by atoms with Crippen LogP contribution in [0.15, 0.2) is 0 Å². The highest BCUT2D eigenvalue weighted by molar-refractivity contribution is 4.74. The first-order valence-corrected chi connectivity index (χ1v) is 6.94. The average molecular weight is 226 g/mol. The molecule has 3 heteroatoms. The first kappa shape index (κ1) is 12.3. The summed E-state index contributed by atoms with van der Waals surface area (Å²) in [6.45, 7) is 8.04. The van der Waals surface area contributed by atoms with E-state index in [-0.39, 0.29) is 0 Å². The number of likely N-dealkylation sites (tertiary alicyclic amines) is 2. The number of rotatable bonds is 5. The quantitative estimate of drug-likeness (QED) is 0.762. The molecule has 0 radical (unpaired) electrons. The fourth-order valence-electron chi connectivity index (χ4n) is 2.97. The summed E-state index contributed by atoms with van der Waals surface area (Å²) in [6.07, 6.45) is 6.40. The lowest BCUT2D eigenvalue weighted by atomic mass is 9.94. The Hall–Kier alpha value is -0.120. The Bertz CT molecular complexity index is 184. The predicted molar refractivity (Wildman–Crippen MR) is 66.5 cm³/mol. The summed E-state index contributed by atoms with van der Waals surface area (Å²) in [5.74, 6) is 0.785. The van der Waals surface area contributed by atoms with Gasteiger partial charge < -0.3 is 14.9 Å². The lowest BCUT2D eigenvalue weighted by molar-refractivity contribution is 0.146. The van der Waals surface area contributed by atoms with Crippen molar-refractivity contribution in [2.45, 2.75) is 32.1 Å². The normalized spacial score (nSPS) is 25.3. The lowest BCUT2D eigenvalue weighted by Crippen LogP contribution is -2.39. The van der Waals surface area contributed by atoms with Gasteiger partial charge in [0.25, 0.3) is 0 Å². The van der Waals surface area contributed by atoms with Crippen molar-refractivity contribution < 1.29 is 5.11 Å². The van der Waals surface area contributed by atoms with Crippen LogP contribution in [-0.4, -0.2) is 60.8 Å². The summed E-state index contributed by atoms with van der Waals surface area (Å²) < 4.78 is 0. The van der Waals surface area contributed by atoms with Crippen LogP contribution in [0.25, 0.3) is 0 Å². The van der Waals surface area contributed by atoms with E-state index in [0.717, 1.165) is 12.3 Å². The first-order valence-electron chi connectivity index (χ1n) is 6.94. The van der Waals surface area contributed by atoms with Crippen LogP contribution < -0.4 is 0 Å². The van der Waals surface area contributed by atoms with Gasteiger partial charge in [-0.1, -0.05) is 0 Å². The molecular weight excluding hydrogens is 200 g/mol. The van der Waals surface area contributed by atoms with Gasteiger partial charge in [0.05, 0.1) is 0 Å². The van der Waals surface area contributed by atoms with Crippen molar-refractivity contribution in [3.05, 3.63) is 0 Å². The Labute approximate surface area is 99.4 Å². The summed E-state index contributed by atoms with van der Waals surface area (Å²) in [7, 11) is 0. The van der Waals surface area contributed by atoms with Crippen LogP contribution in [0.1, 0.15) is 32.1 Å². The number of hydrogen-bond acceptors (Lipinski definition) is 3. The SMILES string of the molecule is OCCC1CCN(CCN2CCCC2)CC1. The second-order valence-electron chi connectivity index (χ2n) is 5.35. The minimum absolute atomic E-state index is 0.373. The molecule has 16 heavy (non-hydrogen) atoms. The zero-order valence-corrected chi connectivity index (χ0v) is 10.4. The van der Waals surface area contributed by atoms with Crippen molar-refractivity contribution in [2.75, 3.05) is 45.9 Å². The third-order valence-corrected chi connectivity index (χ3v) is 4.18. The smallest absolute Gasteiger partial charge is 0.0433 e. The van der Waals surface area contributed by atoms with Crippen LogP contribution in [0.4, 0.5) is 0 Å². The fourth-order valence-corrected chi connectivity index (χ4v) is 2.97. The van der Waals surface area contributed by atoms with Crippen LogP contribution in [0.3, 0.4) is 0 Å². The van der Waals surface area contributed by atoms with Crippen molar-refractivity contribution in [2.24, 2.45) is 5.92 Å². The van der Waals surface area contributed by atoms with E-state index < -0.39 is 0 Å². The molecule has 0 bridgehead atoms. The van der Waals surface area contributed by atoms with Crippen LogP contribution in [0.2, 0.25) is 0 Å². The molecule has 0 aliphatic carbocycles. The standard InChI is InChI=1S/C13H26N2O/c16-12-5-13-3-8-15(9-4-13)11-10-14-6-1-2-7-14/h13,16H,1-12H2. The highest BCUT2D eigenvalue weighted by Gasteiger charge is 2.19. The Morgan fingerprint density at radius 2 is 1.44 bits per heavy atom. The monoisotopic (exact) mass is 226 g/mol. The van der Waals surface area contributed by atoms with Gasteiger partial charge >= 0.3 is 0 Å². The van der Waals surface area contributed by atoms with Crippen LogP contribution in [0, 0.1) is 5.92 Å².